The van der Waals surface area contributed by atoms with E-state index in [2.05, 4.69) is 0 Å². The highest BCUT2D eigenvalue weighted by atomic mass is 16.5. The molecule has 0 amide bonds. The van der Waals surface area contributed by atoms with Crippen molar-refractivity contribution in [2.75, 3.05) is 0 Å². The van der Waals surface area contributed by atoms with Gasteiger partial charge in [0, 0.05) is 36.3 Å². The Morgan fingerprint density at radius 3 is 2.41 bits per heavy atom. The van der Waals surface area contributed by atoms with Gasteiger partial charge in [-0.1, -0.05) is 0 Å². The maximum Gasteiger partial charge on any atom is 0.232 e. The monoisotopic (exact) mass is 444 g/mol. The van der Waals surface area contributed by atoms with Gasteiger partial charge in [-0.05, 0) is 25.5 Å². The Hall–Kier alpha value is -2.59. The van der Waals surface area contributed by atoms with Gasteiger partial charge in [0.1, 0.15) is 17.6 Å². The Kier molecular flexibility index (Phi) is 4.79. The molecule has 1 aromatic rings. The van der Waals surface area contributed by atoms with Crippen LogP contribution < -0.4 is 0 Å². The summed E-state index contributed by atoms with van der Waals surface area (Å²) in [5.41, 5.74) is 0.240. The molecule has 2 aliphatic heterocycles. The lowest BCUT2D eigenvalue weighted by Crippen LogP contribution is -2.48. The predicted octanol–water partition coefficient (Wildman–Crippen LogP) is 1.39. The Bertz CT molecular complexity index is 1080. The Morgan fingerprint density at radius 2 is 1.72 bits per heavy atom. The van der Waals surface area contributed by atoms with Gasteiger partial charge in [0.05, 0.1) is 41.7 Å². The van der Waals surface area contributed by atoms with E-state index in [4.69, 9.17) is 9.47 Å². The van der Waals surface area contributed by atoms with Crippen LogP contribution in [0.15, 0.2) is 17.4 Å². The fourth-order valence-corrected chi connectivity index (χ4v) is 5.50. The van der Waals surface area contributed by atoms with Crippen molar-refractivity contribution < 1.29 is 44.3 Å². The van der Waals surface area contributed by atoms with E-state index < -0.39 is 53.6 Å². The number of benzene rings is 1. The second-order valence-corrected chi connectivity index (χ2v) is 9.06. The number of aliphatic hydroxyl groups excluding tert-OH is 3. The van der Waals surface area contributed by atoms with Gasteiger partial charge < -0.3 is 29.9 Å². The first-order chi connectivity index (χ1) is 15.1. The number of phenols is 1. The number of phenolic OH excluding ortho intramolecular Hbond substituents is 1. The minimum atomic E-state index is -1.20. The maximum atomic E-state index is 13.4. The normalized spacial score (nSPS) is 36.8. The van der Waals surface area contributed by atoms with Crippen LogP contribution in [0.1, 0.15) is 77.0 Å². The van der Waals surface area contributed by atoms with Crippen molar-refractivity contribution in [3.63, 3.8) is 0 Å². The molecule has 4 aliphatic rings. The molecule has 0 aromatic heterocycles. The number of carbonyl (C=O) groups excluding carboxylic acids is 3. The van der Waals surface area contributed by atoms with Gasteiger partial charge in [-0.3, -0.25) is 14.4 Å². The molecule has 7 unspecified atom stereocenters. The van der Waals surface area contributed by atoms with Crippen LogP contribution >= 0.6 is 0 Å². The summed E-state index contributed by atoms with van der Waals surface area (Å²) in [6.07, 6.45) is -4.97. The molecule has 0 radical (unpaired) electrons. The molecule has 2 heterocycles. The molecule has 9 heteroatoms. The predicted molar refractivity (Wildman–Crippen MR) is 108 cm³/mol. The molecule has 7 atom stereocenters. The summed E-state index contributed by atoms with van der Waals surface area (Å²) in [7, 11) is 0. The van der Waals surface area contributed by atoms with Crippen molar-refractivity contribution in [2.24, 2.45) is 0 Å². The summed E-state index contributed by atoms with van der Waals surface area (Å²) in [4.78, 5) is 38.5. The summed E-state index contributed by atoms with van der Waals surface area (Å²) in [6, 6.07) is 1.52. The van der Waals surface area contributed by atoms with Gasteiger partial charge in [0.2, 0.25) is 5.78 Å². The first-order valence-electron chi connectivity index (χ1n) is 10.7. The number of hydrogen-bond donors (Lipinski definition) is 4. The van der Waals surface area contributed by atoms with Crippen molar-refractivity contribution in [2.45, 2.75) is 75.7 Å². The first kappa shape index (κ1) is 21.3. The molecule has 1 aromatic carbocycles. The average molecular weight is 444 g/mol. The summed E-state index contributed by atoms with van der Waals surface area (Å²) < 4.78 is 11.5. The van der Waals surface area contributed by atoms with Crippen molar-refractivity contribution in [3.05, 3.63) is 39.7 Å². The number of Topliss-reactive ketones (excluding diaryl/α,β-unsaturated/α-hetero) is 3. The second kappa shape index (κ2) is 7.21. The molecular formula is C23H24O9. The highest BCUT2D eigenvalue weighted by Crippen LogP contribution is 2.50. The third-order valence-corrected chi connectivity index (χ3v) is 7.10. The molecule has 2 aliphatic carbocycles. The topological polar surface area (TPSA) is 151 Å². The molecule has 2 fully saturated rings. The number of ether oxygens (including phenoxy) is 2. The minimum Gasteiger partial charge on any atom is -0.507 e. The first-order valence-corrected chi connectivity index (χ1v) is 10.7. The SMILES string of the molecule is CC1OC2CC(=O)CC2c2cc3c(c(O)c21)C(=O)C(O)=C(C1CC(O)C(O)C(C)O1)C3=O. The molecule has 1 saturated heterocycles. The number of allylic oxidation sites excluding steroid dienone is 1. The standard InChI is InChI=1S/C23H24O9/c1-7-16-11(10-3-9(24)4-14(10)31-7)5-12-17(21(16)28)22(29)23(30)18(20(12)27)15-6-13(25)19(26)8(2)32-15/h5,7-8,10,13-15,19,25-26,28,30H,3-4,6H2,1-2H3. The molecule has 0 spiro atoms. The van der Waals surface area contributed by atoms with Crippen molar-refractivity contribution in [1.82, 2.24) is 0 Å². The highest BCUT2D eigenvalue weighted by Gasteiger charge is 2.47. The van der Waals surface area contributed by atoms with Crippen LogP contribution in [0.4, 0.5) is 0 Å². The van der Waals surface area contributed by atoms with Crippen LogP contribution in [0.5, 0.6) is 5.75 Å². The van der Waals surface area contributed by atoms with E-state index in [1.165, 1.54) is 13.0 Å². The van der Waals surface area contributed by atoms with Crippen LogP contribution in [0, 0.1) is 0 Å². The number of ketones is 3. The molecule has 9 nitrogen and oxygen atoms in total. The number of rotatable bonds is 1. The van der Waals surface area contributed by atoms with E-state index >= 15 is 0 Å². The fourth-order valence-electron chi connectivity index (χ4n) is 5.50. The lowest BCUT2D eigenvalue weighted by molar-refractivity contribution is -0.151. The van der Waals surface area contributed by atoms with Crippen LogP contribution in [0.25, 0.3) is 0 Å². The van der Waals surface area contributed by atoms with Crippen molar-refractivity contribution in [3.8, 4) is 5.75 Å². The molecule has 32 heavy (non-hydrogen) atoms. The van der Waals surface area contributed by atoms with E-state index in [1.54, 1.807) is 6.92 Å². The van der Waals surface area contributed by atoms with E-state index in [9.17, 15) is 34.8 Å². The zero-order valence-corrected chi connectivity index (χ0v) is 17.6. The Morgan fingerprint density at radius 1 is 1.00 bits per heavy atom. The molecule has 4 N–H and O–H groups in total. The van der Waals surface area contributed by atoms with Crippen LogP contribution in [0.2, 0.25) is 0 Å². The van der Waals surface area contributed by atoms with Gasteiger partial charge in [0.15, 0.2) is 11.5 Å². The summed E-state index contributed by atoms with van der Waals surface area (Å²) >= 11 is 0. The fraction of sp³-hybridized carbons (Fsp3) is 0.522. The quantitative estimate of drug-likeness (QED) is 0.504. The van der Waals surface area contributed by atoms with Crippen LogP contribution in [-0.4, -0.2) is 68.3 Å². The lowest BCUT2D eigenvalue weighted by Gasteiger charge is -2.38. The third-order valence-electron chi connectivity index (χ3n) is 7.10. The zero-order chi connectivity index (χ0) is 23.1. The molecule has 1 saturated carbocycles. The Labute approximate surface area is 183 Å². The summed E-state index contributed by atoms with van der Waals surface area (Å²) in [5.74, 6) is -3.22. The van der Waals surface area contributed by atoms with Gasteiger partial charge in [-0.2, -0.15) is 0 Å². The molecule has 5 rings (SSSR count). The average Bonchev–Trinajstić information content (AvgIpc) is 3.10. The largest absolute Gasteiger partial charge is 0.507 e. The van der Waals surface area contributed by atoms with Gasteiger partial charge in [-0.15, -0.1) is 0 Å². The summed E-state index contributed by atoms with van der Waals surface area (Å²) in [6.45, 7) is 3.21. The van der Waals surface area contributed by atoms with E-state index in [0.29, 0.717) is 11.1 Å². The lowest BCUT2D eigenvalue weighted by atomic mass is 9.77. The number of aromatic hydroxyl groups is 1. The zero-order valence-electron chi connectivity index (χ0n) is 17.6. The summed E-state index contributed by atoms with van der Waals surface area (Å²) in [5, 5.41) is 41.7. The van der Waals surface area contributed by atoms with E-state index in [0.717, 1.165) is 0 Å². The van der Waals surface area contributed by atoms with Gasteiger partial charge in [-0.25, -0.2) is 0 Å². The molecule has 0 bridgehead atoms. The molecular weight excluding hydrogens is 420 g/mol. The van der Waals surface area contributed by atoms with E-state index in [1.807, 2.05) is 0 Å². The second-order valence-electron chi connectivity index (χ2n) is 9.06. The molecule has 170 valence electrons. The third kappa shape index (κ3) is 2.88. The Balaban J connectivity index is 1.63. The number of aliphatic hydroxyl groups is 3. The highest BCUT2D eigenvalue weighted by molar-refractivity contribution is 6.27. The van der Waals surface area contributed by atoms with Crippen molar-refractivity contribution in [1.29, 1.82) is 0 Å². The van der Waals surface area contributed by atoms with Gasteiger partial charge in [0.25, 0.3) is 0 Å². The minimum absolute atomic E-state index is 0.0232. The van der Waals surface area contributed by atoms with Crippen LogP contribution in [0.3, 0.4) is 0 Å². The van der Waals surface area contributed by atoms with E-state index in [-0.39, 0.29) is 53.8 Å². The van der Waals surface area contributed by atoms with Crippen molar-refractivity contribution >= 4 is 17.3 Å². The smallest absolute Gasteiger partial charge is 0.232 e. The maximum absolute atomic E-state index is 13.4. The van der Waals surface area contributed by atoms with Crippen LogP contribution in [-0.2, 0) is 14.3 Å². The van der Waals surface area contributed by atoms with Gasteiger partial charge >= 0.3 is 0 Å². The number of hydrogen-bond acceptors (Lipinski definition) is 9. The number of fused-ring (bicyclic) bond motifs is 4. The number of carbonyl (C=O) groups is 3.